The van der Waals surface area contributed by atoms with Gasteiger partial charge in [-0.2, -0.15) is 0 Å². The number of rotatable bonds is 5. The Morgan fingerprint density at radius 1 is 1.42 bits per heavy atom. The number of nitrogens with one attached hydrogen (secondary N) is 1. The third-order valence-corrected chi connectivity index (χ3v) is 3.30. The summed E-state index contributed by atoms with van der Waals surface area (Å²) in [6.07, 6.45) is 1.46. The summed E-state index contributed by atoms with van der Waals surface area (Å²) in [6, 6.07) is 7.27. The van der Waals surface area contributed by atoms with E-state index in [1.807, 2.05) is 31.2 Å². The molecule has 0 fully saturated rings. The molecule has 0 radical (unpaired) electrons. The first kappa shape index (κ1) is 13.5. The van der Waals surface area contributed by atoms with Crippen LogP contribution in [0.2, 0.25) is 0 Å². The first-order chi connectivity index (χ1) is 9.20. The first-order valence-electron chi connectivity index (χ1n) is 5.78. The Labute approximate surface area is 114 Å². The molecule has 2 aromatic rings. The lowest BCUT2D eigenvalue weighted by atomic mass is 10.3. The molecule has 0 saturated heterocycles. The second-order valence-electron chi connectivity index (χ2n) is 4.05. The second-order valence-corrected chi connectivity index (χ2v) is 4.91. The second kappa shape index (κ2) is 6.29. The van der Waals surface area contributed by atoms with Crippen LogP contribution in [0.4, 0.5) is 0 Å². The predicted octanol–water partition coefficient (Wildman–Crippen LogP) is 1.67. The number of carbonyl (C=O) groups is 2. The van der Waals surface area contributed by atoms with Crippen molar-refractivity contribution in [2.75, 3.05) is 5.75 Å². The van der Waals surface area contributed by atoms with Gasteiger partial charge in [0, 0.05) is 11.8 Å². The average molecular weight is 275 g/mol. The summed E-state index contributed by atoms with van der Waals surface area (Å²) in [5.74, 6) is 0.258. The van der Waals surface area contributed by atoms with Crippen LogP contribution in [0.25, 0.3) is 11.0 Å². The van der Waals surface area contributed by atoms with Gasteiger partial charge in [0.25, 0.3) is 5.91 Å². The van der Waals surface area contributed by atoms with Crippen LogP contribution in [0.3, 0.4) is 0 Å². The number of hydrogen-bond donors (Lipinski definition) is 1. The number of para-hydroxylation sites is 2. The lowest BCUT2D eigenvalue weighted by molar-refractivity contribution is 0.0938. The molecule has 1 amide bonds. The first-order valence-corrected chi connectivity index (χ1v) is 6.83. The molecular weight excluding hydrogens is 262 g/mol. The summed E-state index contributed by atoms with van der Waals surface area (Å²) in [4.78, 5) is 30.6. The van der Waals surface area contributed by atoms with E-state index < -0.39 is 0 Å². The molecule has 0 spiro atoms. The van der Waals surface area contributed by atoms with E-state index in [2.05, 4.69) is 15.3 Å². The predicted molar refractivity (Wildman–Crippen MR) is 75.7 cm³/mol. The van der Waals surface area contributed by atoms with Gasteiger partial charge in [-0.25, -0.2) is 4.98 Å². The minimum absolute atomic E-state index is 0.101. The van der Waals surface area contributed by atoms with Crippen molar-refractivity contribution in [3.05, 3.63) is 36.2 Å². The topological polar surface area (TPSA) is 72.0 Å². The molecule has 98 valence electrons. The molecule has 1 aromatic heterocycles. The molecule has 19 heavy (non-hydrogen) atoms. The maximum absolute atomic E-state index is 12.0. The maximum atomic E-state index is 12.0. The number of aromatic nitrogens is 2. The zero-order valence-electron chi connectivity index (χ0n) is 10.4. The Hall–Kier alpha value is -1.95. The fraction of sp³-hybridized carbons (Fsp3) is 0.231. The number of nitrogens with zero attached hydrogens (tertiary/aromatic N) is 2. The van der Waals surface area contributed by atoms with E-state index >= 15 is 0 Å². The summed E-state index contributed by atoms with van der Waals surface area (Å²) < 4.78 is 0. The molecule has 0 aliphatic heterocycles. The molecule has 1 atom stereocenters. The third kappa shape index (κ3) is 3.51. The quantitative estimate of drug-likeness (QED) is 0.840. The minimum atomic E-state index is -0.280. The molecule has 5 nitrogen and oxygen atoms in total. The highest BCUT2D eigenvalue weighted by Crippen LogP contribution is 2.08. The normalized spacial score (nSPS) is 12.1. The number of fused-ring (bicyclic) bond motifs is 1. The standard InChI is InChI=1S/C13H13N3O2S/c1-9(7-19-8-17)15-13(18)12-6-14-10-4-2-3-5-11(10)16-12/h2-6,8-9H,7H2,1H3,(H,15,18)/t9-/m0/s1. The van der Waals surface area contributed by atoms with Gasteiger partial charge in [0.05, 0.1) is 17.2 Å². The Bertz CT molecular complexity index is 603. The monoisotopic (exact) mass is 275 g/mol. The maximum Gasteiger partial charge on any atom is 0.271 e. The Balaban J connectivity index is 2.10. The number of amides is 1. The fourth-order valence-electron chi connectivity index (χ4n) is 1.59. The van der Waals surface area contributed by atoms with Crippen LogP contribution in [0.1, 0.15) is 17.4 Å². The van der Waals surface area contributed by atoms with Crippen LogP contribution in [-0.2, 0) is 4.79 Å². The molecule has 0 unspecified atom stereocenters. The van der Waals surface area contributed by atoms with Gasteiger partial charge in [0.15, 0.2) is 5.62 Å². The van der Waals surface area contributed by atoms with Crippen molar-refractivity contribution in [3.8, 4) is 0 Å². The van der Waals surface area contributed by atoms with E-state index in [1.54, 1.807) is 0 Å². The Morgan fingerprint density at radius 2 is 2.16 bits per heavy atom. The van der Waals surface area contributed by atoms with Crippen molar-refractivity contribution < 1.29 is 9.59 Å². The van der Waals surface area contributed by atoms with Gasteiger partial charge in [-0.05, 0) is 19.1 Å². The zero-order chi connectivity index (χ0) is 13.7. The number of hydrogen-bond acceptors (Lipinski definition) is 5. The SMILES string of the molecule is C[C@@H](CSC=O)NC(=O)c1cnc2ccccc2n1. The summed E-state index contributed by atoms with van der Waals surface area (Å²) in [5, 5.41) is 2.77. The summed E-state index contributed by atoms with van der Waals surface area (Å²) in [5.41, 5.74) is 2.48. The van der Waals surface area contributed by atoms with Gasteiger partial charge in [-0.1, -0.05) is 23.9 Å². The van der Waals surface area contributed by atoms with Crippen molar-refractivity contribution in [2.24, 2.45) is 0 Å². The van der Waals surface area contributed by atoms with Crippen molar-refractivity contribution in [3.63, 3.8) is 0 Å². The minimum Gasteiger partial charge on any atom is -0.347 e. The smallest absolute Gasteiger partial charge is 0.271 e. The summed E-state index contributed by atoms with van der Waals surface area (Å²) >= 11 is 1.12. The highest BCUT2D eigenvalue weighted by Gasteiger charge is 2.12. The molecule has 6 heteroatoms. The van der Waals surface area contributed by atoms with E-state index in [0.717, 1.165) is 22.9 Å². The van der Waals surface area contributed by atoms with Crippen molar-refractivity contribution >= 4 is 34.3 Å². The van der Waals surface area contributed by atoms with Crippen LogP contribution in [0, 0.1) is 0 Å². The molecule has 1 heterocycles. The number of thioether (sulfide) groups is 1. The third-order valence-electron chi connectivity index (χ3n) is 2.47. The Kier molecular flexibility index (Phi) is 4.46. The van der Waals surface area contributed by atoms with Crippen molar-refractivity contribution in [1.82, 2.24) is 15.3 Å². The summed E-state index contributed by atoms with van der Waals surface area (Å²) in [7, 11) is 0. The largest absolute Gasteiger partial charge is 0.347 e. The molecule has 1 aromatic carbocycles. The lowest BCUT2D eigenvalue weighted by Gasteiger charge is -2.11. The Morgan fingerprint density at radius 3 is 2.89 bits per heavy atom. The van der Waals surface area contributed by atoms with Crippen LogP contribution >= 0.6 is 11.8 Å². The zero-order valence-corrected chi connectivity index (χ0v) is 11.2. The molecule has 1 N–H and O–H groups in total. The van der Waals surface area contributed by atoms with E-state index in [4.69, 9.17) is 0 Å². The van der Waals surface area contributed by atoms with Gasteiger partial charge in [0.1, 0.15) is 5.69 Å². The molecule has 0 saturated carbocycles. The lowest BCUT2D eigenvalue weighted by Crippen LogP contribution is -2.34. The van der Waals surface area contributed by atoms with Crippen LogP contribution in [-0.4, -0.2) is 33.3 Å². The van der Waals surface area contributed by atoms with Gasteiger partial charge in [0.2, 0.25) is 0 Å². The molecule has 0 aliphatic carbocycles. The van der Waals surface area contributed by atoms with E-state index in [0.29, 0.717) is 11.3 Å². The van der Waals surface area contributed by atoms with E-state index in [-0.39, 0.29) is 17.6 Å². The molecule has 0 aliphatic rings. The van der Waals surface area contributed by atoms with Crippen LogP contribution in [0.5, 0.6) is 0 Å². The van der Waals surface area contributed by atoms with E-state index in [9.17, 15) is 9.59 Å². The van der Waals surface area contributed by atoms with Crippen molar-refractivity contribution in [2.45, 2.75) is 13.0 Å². The van der Waals surface area contributed by atoms with E-state index in [1.165, 1.54) is 6.20 Å². The fourth-order valence-corrected chi connectivity index (χ4v) is 2.04. The molecule has 2 rings (SSSR count). The van der Waals surface area contributed by atoms with Gasteiger partial charge < -0.3 is 5.32 Å². The highest BCUT2D eigenvalue weighted by molar-refractivity contribution is 8.11. The van der Waals surface area contributed by atoms with Crippen molar-refractivity contribution in [1.29, 1.82) is 0 Å². The summed E-state index contributed by atoms with van der Waals surface area (Å²) in [6.45, 7) is 1.84. The average Bonchev–Trinajstić information content (AvgIpc) is 2.44. The number of carbonyl (C=O) groups excluding carboxylic acids is 2. The molecular formula is C13H13N3O2S. The number of benzene rings is 1. The van der Waals surface area contributed by atoms with Crippen LogP contribution in [0.15, 0.2) is 30.5 Å². The van der Waals surface area contributed by atoms with Crippen LogP contribution < -0.4 is 5.32 Å². The van der Waals surface area contributed by atoms with Gasteiger partial charge in [-0.3, -0.25) is 14.6 Å². The molecule has 0 bridgehead atoms. The van der Waals surface area contributed by atoms with Gasteiger partial charge >= 0.3 is 0 Å². The highest BCUT2D eigenvalue weighted by atomic mass is 32.2. The van der Waals surface area contributed by atoms with Gasteiger partial charge in [-0.15, -0.1) is 0 Å².